The fraction of sp³-hybridized carbons (Fsp3) is 0.389. The van der Waals surface area contributed by atoms with E-state index in [9.17, 15) is 13.2 Å². The number of aromatic nitrogens is 4. The number of aryl methyl sites for hydroxylation is 1. The average molecular weight is 566 g/mol. The van der Waals surface area contributed by atoms with Crippen LogP contribution in [0.2, 0.25) is 0 Å². The molecule has 0 fully saturated rings. The third-order valence-corrected chi connectivity index (χ3v) is 6.96. The highest BCUT2D eigenvalue weighted by molar-refractivity contribution is 14.1. The van der Waals surface area contributed by atoms with Gasteiger partial charge in [-0.15, -0.1) is 0 Å². The van der Waals surface area contributed by atoms with Gasteiger partial charge in [-0.25, -0.2) is 15.0 Å². The zero-order chi connectivity index (χ0) is 22.2. The van der Waals surface area contributed by atoms with Crippen molar-refractivity contribution in [2.75, 3.05) is 19.1 Å². The van der Waals surface area contributed by atoms with Crippen molar-refractivity contribution in [3.63, 3.8) is 0 Å². The van der Waals surface area contributed by atoms with E-state index in [1.54, 1.807) is 0 Å². The van der Waals surface area contributed by atoms with Crippen LogP contribution in [0.15, 0.2) is 28.5 Å². The van der Waals surface area contributed by atoms with Gasteiger partial charge in [-0.1, -0.05) is 11.8 Å². The minimum atomic E-state index is -4.28. The second-order valence-electron chi connectivity index (χ2n) is 6.79. The minimum absolute atomic E-state index is 0.174. The minimum Gasteiger partial charge on any atom is -0.454 e. The highest BCUT2D eigenvalue weighted by Crippen LogP contribution is 2.41. The van der Waals surface area contributed by atoms with Crippen LogP contribution in [0.5, 0.6) is 11.5 Å². The number of hydrogen-bond acceptors (Lipinski definition) is 8. The predicted molar refractivity (Wildman–Crippen MR) is 117 cm³/mol. The molecule has 0 saturated carbocycles. The molecule has 1 atom stereocenters. The molecule has 0 spiro atoms. The molecular weight excluding hydrogens is 548 g/mol. The van der Waals surface area contributed by atoms with E-state index in [1.165, 1.54) is 18.1 Å². The maximum Gasteiger partial charge on any atom is 0.403 e. The highest BCUT2D eigenvalue weighted by atomic mass is 127. The van der Waals surface area contributed by atoms with E-state index in [-0.39, 0.29) is 19.2 Å². The lowest BCUT2D eigenvalue weighted by molar-refractivity contribution is -0.151. The zero-order valence-corrected chi connectivity index (χ0v) is 19.2. The van der Waals surface area contributed by atoms with Gasteiger partial charge in [0, 0.05) is 15.0 Å². The van der Waals surface area contributed by atoms with Crippen LogP contribution in [0.4, 0.5) is 19.0 Å². The van der Waals surface area contributed by atoms with E-state index in [1.807, 2.05) is 16.7 Å². The molecule has 3 heterocycles. The topological polar surface area (TPSA) is 100 Å². The molecular formula is C18H18F3IN6O2S. The lowest BCUT2D eigenvalue weighted by Crippen LogP contribution is -2.40. The molecule has 31 heavy (non-hydrogen) atoms. The van der Waals surface area contributed by atoms with Crippen molar-refractivity contribution in [1.29, 1.82) is 0 Å². The lowest BCUT2D eigenvalue weighted by Gasteiger charge is -2.17. The molecule has 0 saturated heterocycles. The number of nitrogens with two attached hydrogens (primary N) is 1. The van der Waals surface area contributed by atoms with E-state index in [0.717, 1.165) is 15.4 Å². The highest BCUT2D eigenvalue weighted by Gasteiger charge is 2.35. The SMILES string of the molecule is CC(NCCCn1c(Sc2cc3c(cc2I)OCO3)nc2c(N)ncnc21)C([19F])([19F])[19F]. The standard InChI is InChI=1S/C18H18F3IN6O2S/c1-9(18(19,20)21)24-3-2-4-28-16-14(15(23)25-7-26-16)27-17(28)31-13-6-12-11(5-10(13)22)29-8-30-12/h5-7,9,24H,2-4,8H2,1H3,(H2,23,25,26)/i19+0,20+0,21+0. The molecule has 3 aromatic rings. The van der Waals surface area contributed by atoms with Crippen LogP contribution in [-0.4, -0.2) is 45.1 Å². The smallest absolute Gasteiger partial charge is 0.403 e. The molecule has 0 aliphatic carbocycles. The van der Waals surface area contributed by atoms with Gasteiger partial charge in [0.1, 0.15) is 12.4 Å². The second kappa shape index (κ2) is 8.86. The largest absolute Gasteiger partial charge is 0.454 e. The summed E-state index contributed by atoms with van der Waals surface area (Å²) in [5.74, 6) is 1.58. The van der Waals surface area contributed by atoms with Crippen molar-refractivity contribution in [3.8, 4) is 11.5 Å². The first-order valence-electron chi connectivity index (χ1n) is 9.28. The van der Waals surface area contributed by atoms with Crippen LogP contribution >= 0.6 is 34.4 Å². The number of ether oxygens (including phenoxy) is 2. The number of benzene rings is 1. The normalized spacial score (nSPS) is 14.4. The predicted octanol–water partition coefficient (Wildman–Crippen LogP) is 3.82. The Morgan fingerprint density at radius 3 is 2.77 bits per heavy atom. The molecule has 0 amide bonds. The summed E-state index contributed by atoms with van der Waals surface area (Å²) >= 11 is 3.60. The van der Waals surface area contributed by atoms with Crippen molar-refractivity contribution in [3.05, 3.63) is 22.0 Å². The van der Waals surface area contributed by atoms with E-state index < -0.39 is 12.2 Å². The van der Waals surface area contributed by atoms with Crippen LogP contribution in [0, 0.1) is 3.57 Å². The fourth-order valence-electron chi connectivity index (χ4n) is 2.96. The van der Waals surface area contributed by atoms with Gasteiger partial charge in [0.25, 0.3) is 0 Å². The van der Waals surface area contributed by atoms with Gasteiger partial charge < -0.3 is 25.1 Å². The molecule has 1 aliphatic heterocycles. The summed E-state index contributed by atoms with van der Waals surface area (Å²) in [7, 11) is 0. The first kappa shape index (κ1) is 22.2. The Balaban J connectivity index is 1.58. The number of imidazole rings is 1. The number of halogens is 4. The number of rotatable bonds is 7. The van der Waals surface area contributed by atoms with Crippen LogP contribution in [0.1, 0.15) is 13.3 Å². The number of anilines is 1. The number of hydrogen-bond donors (Lipinski definition) is 2. The summed E-state index contributed by atoms with van der Waals surface area (Å²) in [6, 6.07) is 2.18. The number of alkyl halides is 3. The van der Waals surface area contributed by atoms with Crippen LogP contribution in [-0.2, 0) is 6.54 Å². The van der Waals surface area contributed by atoms with Crippen LogP contribution in [0.3, 0.4) is 0 Å². The maximum absolute atomic E-state index is 12.7. The quantitative estimate of drug-likeness (QED) is 0.329. The van der Waals surface area contributed by atoms with Gasteiger partial charge in [-0.2, -0.15) is 13.2 Å². The van der Waals surface area contributed by atoms with Crippen molar-refractivity contribution >= 4 is 51.3 Å². The number of fused-ring (bicyclic) bond motifs is 2. The molecule has 0 bridgehead atoms. The van der Waals surface area contributed by atoms with Gasteiger partial charge in [-0.3, -0.25) is 0 Å². The molecule has 2 aromatic heterocycles. The van der Waals surface area contributed by atoms with E-state index in [2.05, 4.69) is 42.9 Å². The molecule has 4 rings (SSSR count). The van der Waals surface area contributed by atoms with Crippen LogP contribution < -0.4 is 20.5 Å². The van der Waals surface area contributed by atoms with E-state index in [4.69, 9.17) is 15.2 Å². The lowest BCUT2D eigenvalue weighted by atomic mass is 10.3. The van der Waals surface area contributed by atoms with Gasteiger partial charge >= 0.3 is 6.18 Å². The average Bonchev–Trinajstić information content (AvgIpc) is 3.29. The van der Waals surface area contributed by atoms with Crippen molar-refractivity contribution in [2.45, 2.75) is 42.2 Å². The van der Waals surface area contributed by atoms with Gasteiger partial charge in [0.05, 0.1) is 0 Å². The Bertz CT molecular complexity index is 1110. The summed E-state index contributed by atoms with van der Waals surface area (Å²) in [6.45, 7) is 1.87. The van der Waals surface area contributed by atoms with Gasteiger partial charge in [-0.05, 0) is 54.6 Å². The molecule has 8 nitrogen and oxygen atoms in total. The Morgan fingerprint density at radius 1 is 1.29 bits per heavy atom. The molecule has 1 aromatic carbocycles. The van der Waals surface area contributed by atoms with Gasteiger partial charge in [0.15, 0.2) is 33.6 Å². The number of nitrogens with one attached hydrogen (secondary N) is 1. The maximum atomic E-state index is 12.7. The molecule has 13 heteroatoms. The van der Waals surface area contributed by atoms with Crippen LogP contribution in [0.25, 0.3) is 11.2 Å². The molecule has 166 valence electrons. The van der Waals surface area contributed by atoms with E-state index >= 15 is 0 Å². The summed E-state index contributed by atoms with van der Waals surface area (Å²) in [6.07, 6.45) is -2.49. The molecule has 0 radical (unpaired) electrons. The number of nitrogen functional groups attached to an aromatic ring is 1. The summed E-state index contributed by atoms with van der Waals surface area (Å²) in [5, 5.41) is 3.11. The number of nitrogens with zero attached hydrogens (tertiary/aromatic N) is 4. The zero-order valence-electron chi connectivity index (χ0n) is 16.2. The van der Waals surface area contributed by atoms with Crippen molar-refractivity contribution in [1.82, 2.24) is 24.8 Å². The first-order chi connectivity index (χ1) is 14.7. The summed E-state index contributed by atoms with van der Waals surface area (Å²) in [5.41, 5.74) is 6.96. The third-order valence-electron chi connectivity index (χ3n) is 4.65. The molecule has 1 unspecified atom stereocenters. The first-order valence-corrected chi connectivity index (χ1v) is 11.2. The Kier molecular flexibility index (Phi) is 6.35. The monoisotopic (exact) mass is 566 g/mol. The Labute approximate surface area is 193 Å². The Morgan fingerprint density at radius 2 is 2.03 bits per heavy atom. The van der Waals surface area contributed by atoms with E-state index in [0.29, 0.717) is 40.8 Å². The van der Waals surface area contributed by atoms with Gasteiger partial charge in [0.2, 0.25) is 6.79 Å². The third kappa shape index (κ3) is 4.77. The Hall–Kier alpha value is -2.00. The fourth-order valence-corrected chi connectivity index (χ4v) is 4.67. The summed E-state index contributed by atoms with van der Waals surface area (Å²) in [4.78, 5) is 13.8. The van der Waals surface area contributed by atoms with Crippen molar-refractivity contribution in [2.24, 2.45) is 0 Å². The second-order valence-corrected chi connectivity index (χ2v) is 8.96. The molecule has 1 aliphatic rings. The van der Waals surface area contributed by atoms with Crippen molar-refractivity contribution < 1.29 is 22.6 Å². The molecule has 3 N–H and O–H groups in total. The summed E-state index contributed by atoms with van der Waals surface area (Å²) < 4.78 is 51.8.